The lowest BCUT2D eigenvalue weighted by molar-refractivity contribution is -0.140. The molecule has 3 aromatic rings. The number of halogens is 2. The van der Waals surface area contributed by atoms with E-state index < -0.39 is 34.3 Å². The quantitative estimate of drug-likeness (QED) is 0.276. The Morgan fingerprint density at radius 2 is 1.62 bits per heavy atom. The highest BCUT2D eigenvalue weighted by molar-refractivity contribution is 9.10. The molecule has 0 radical (unpaired) electrons. The third-order valence-electron chi connectivity index (χ3n) is 6.20. The van der Waals surface area contributed by atoms with Crippen molar-refractivity contribution in [3.8, 4) is 0 Å². The molecule has 0 heterocycles. The van der Waals surface area contributed by atoms with Crippen molar-refractivity contribution in [1.82, 2.24) is 10.2 Å². The van der Waals surface area contributed by atoms with E-state index in [0.29, 0.717) is 11.0 Å². The van der Waals surface area contributed by atoms with Crippen molar-refractivity contribution < 1.29 is 22.4 Å². The number of carbonyl (C=O) groups is 2. The zero-order valence-corrected chi connectivity index (χ0v) is 24.4. The van der Waals surface area contributed by atoms with Crippen molar-refractivity contribution in [2.45, 2.75) is 38.8 Å². The molecule has 1 atom stereocenters. The zero-order valence-electron chi connectivity index (χ0n) is 22.0. The van der Waals surface area contributed by atoms with Gasteiger partial charge in [0.1, 0.15) is 18.4 Å². The lowest BCUT2D eigenvalue weighted by Gasteiger charge is -2.33. The number of hydrogen-bond acceptors (Lipinski definition) is 4. The van der Waals surface area contributed by atoms with Gasteiger partial charge in [0.05, 0.1) is 11.9 Å². The molecule has 0 saturated carbocycles. The van der Waals surface area contributed by atoms with Gasteiger partial charge in [-0.05, 0) is 46.1 Å². The second-order valence-corrected chi connectivity index (χ2v) is 11.9. The summed E-state index contributed by atoms with van der Waals surface area (Å²) in [6.07, 6.45) is 2.82. The summed E-state index contributed by atoms with van der Waals surface area (Å²) in [5, 5.41) is 2.90. The van der Waals surface area contributed by atoms with Crippen molar-refractivity contribution in [3.05, 3.63) is 100 Å². The average Bonchev–Trinajstić information content (AvgIpc) is 2.90. The number of sulfonamides is 1. The van der Waals surface area contributed by atoms with E-state index in [4.69, 9.17) is 0 Å². The van der Waals surface area contributed by atoms with Crippen LogP contribution in [0.3, 0.4) is 0 Å². The third kappa shape index (κ3) is 8.63. The summed E-state index contributed by atoms with van der Waals surface area (Å²) in [5.41, 5.74) is 1.31. The monoisotopic (exact) mass is 617 g/mol. The molecule has 3 rings (SSSR count). The Morgan fingerprint density at radius 3 is 2.26 bits per heavy atom. The molecule has 0 aliphatic heterocycles. The predicted molar refractivity (Wildman–Crippen MR) is 155 cm³/mol. The summed E-state index contributed by atoms with van der Waals surface area (Å²) in [7, 11) is -3.89. The standard InChI is InChI=1S/C29H33BrFN3O4S/c1-3-4-18-32-29(36)27(19-22-12-6-5-7-13-22)33(20-23-14-8-10-16-25(23)31)28(35)21-34(39(2,37)38)26-17-11-9-15-24(26)30/h5-17,27H,3-4,18-21H2,1-2H3,(H,32,36)/t27-/m1/s1. The maximum absolute atomic E-state index is 14.8. The molecule has 0 saturated heterocycles. The Balaban J connectivity index is 2.05. The Hall–Kier alpha value is -3.24. The van der Waals surface area contributed by atoms with Crippen molar-refractivity contribution in [2.75, 3.05) is 23.7 Å². The number of carbonyl (C=O) groups excluding carboxylic acids is 2. The molecule has 208 valence electrons. The van der Waals surface area contributed by atoms with Gasteiger partial charge in [-0.15, -0.1) is 0 Å². The molecular weight excluding hydrogens is 585 g/mol. The first kappa shape index (κ1) is 30.3. The smallest absolute Gasteiger partial charge is 0.244 e. The number of unbranched alkanes of at least 4 members (excludes halogenated alkanes) is 1. The third-order valence-corrected chi connectivity index (χ3v) is 8.00. The number of hydrogen-bond donors (Lipinski definition) is 1. The Morgan fingerprint density at radius 1 is 0.974 bits per heavy atom. The number of nitrogens with zero attached hydrogens (tertiary/aromatic N) is 2. The summed E-state index contributed by atoms with van der Waals surface area (Å²) in [6.45, 7) is 1.65. The van der Waals surface area contributed by atoms with Gasteiger partial charge in [-0.25, -0.2) is 12.8 Å². The van der Waals surface area contributed by atoms with Crippen LogP contribution in [0.15, 0.2) is 83.3 Å². The van der Waals surface area contributed by atoms with E-state index in [1.54, 1.807) is 42.5 Å². The SMILES string of the molecule is CCCCNC(=O)[C@@H](Cc1ccccc1)N(Cc1ccccc1F)C(=O)CN(c1ccccc1Br)S(C)(=O)=O. The minimum Gasteiger partial charge on any atom is -0.354 e. The average molecular weight is 619 g/mol. The second kappa shape index (κ2) is 14.2. The number of anilines is 1. The molecule has 3 aromatic carbocycles. The van der Waals surface area contributed by atoms with E-state index in [1.807, 2.05) is 37.3 Å². The normalized spacial score (nSPS) is 12.0. The van der Waals surface area contributed by atoms with E-state index >= 15 is 0 Å². The van der Waals surface area contributed by atoms with E-state index in [0.717, 1.165) is 29.0 Å². The second-order valence-electron chi connectivity index (χ2n) is 9.18. The zero-order chi connectivity index (χ0) is 28.4. The summed E-state index contributed by atoms with van der Waals surface area (Å²) in [5.74, 6) is -1.54. The van der Waals surface area contributed by atoms with E-state index in [1.165, 1.54) is 11.0 Å². The van der Waals surface area contributed by atoms with Crippen molar-refractivity contribution >= 4 is 43.5 Å². The molecule has 10 heteroatoms. The van der Waals surface area contributed by atoms with Crippen LogP contribution in [0.25, 0.3) is 0 Å². The molecule has 39 heavy (non-hydrogen) atoms. The number of rotatable bonds is 13. The van der Waals surface area contributed by atoms with E-state index in [9.17, 15) is 22.4 Å². The van der Waals surface area contributed by atoms with E-state index in [-0.39, 0.29) is 30.1 Å². The highest BCUT2D eigenvalue weighted by Gasteiger charge is 2.33. The van der Waals surface area contributed by atoms with Gasteiger partial charge in [-0.2, -0.15) is 0 Å². The minimum absolute atomic E-state index is 0.174. The lowest BCUT2D eigenvalue weighted by Crippen LogP contribution is -2.53. The van der Waals surface area contributed by atoms with Gasteiger partial charge >= 0.3 is 0 Å². The topological polar surface area (TPSA) is 86.8 Å². The first-order valence-corrected chi connectivity index (χ1v) is 15.3. The van der Waals surface area contributed by atoms with Crippen LogP contribution in [0.2, 0.25) is 0 Å². The van der Waals surface area contributed by atoms with Crippen LogP contribution in [-0.4, -0.2) is 50.5 Å². The fourth-order valence-electron chi connectivity index (χ4n) is 4.12. The molecule has 7 nitrogen and oxygen atoms in total. The molecule has 0 unspecified atom stereocenters. The van der Waals surface area contributed by atoms with Crippen molar-refractivity contribution in [1.29, 1.82) is 0 Å². The number of benzene rings is 3. The molecule has 2 amide bonds. The number of amides is 2. The first-order chi connectivity index (χ1) is 18.6. The molecule has 0 spiro atoms. The largest absolute Gasteiger partial charge is 0.354 e. The maximum atomic E-state index is 14.8. The number of nitrogens with one attached hydrogen (secondary N) is 1. The Labute approximate surface area is 238 Å². The summed E-state index contributed by atoms with van der Waals surface area (Å²) in [6, 6.07) is 20.9. The summed E-state index contributed by atoms with van der Waals surface area (Å²) < 4.78 is 41.9. The Kier molecular flexibility index (Phi) is 11.1. The molecule has 0 aromatic heterocycles. The molecule has 0 bridgehead atoms. The van der Waals surface area contributed by atoms with Crippen LogP contribution < -0.4 is 9.62 Å². The van der Waals surface area contributed by atoms with Gasteiger partial charge in [-0.3, -0.25) is 13.9 Å². The summed E-state index contributed by atoms with van der Waals surface area (Å²) >= 11 is 3.37. The predicted octanol–water partition coefficient (Wildman–Crippen LogP) is 4.91. The van der Waals surface area contributed by atoms with Gasteiger partial charge in [0, 0.05) is 29.5 Å². The molecule has 1 N–H and O–H groups in total. The van der Waals surface area contributed by atoms with Gasteiger partial charge in [0.15, 0.2) is 0 Å². The van der Waals surface area contributed by atoms with Gasteiger partial charge in [0.2, 0.25) is 21.8 Å². The fourth-order valence-corrected chi connectivity index (χ4v) is 5.60. The highest BCUT2D eigenvalue weighted by atomic mass is 79.9. The van der Waals surface area contributed by atoms with Crippen LogP contribution in [0.1, 0.15) is 30.9 Å². The fraction of sp³-hybridized carbons (Fsp3) is 0.310. The lowest BCUT2D eigenvalue weighted by atomic mass is 10.0. The van der Waals surface area contributed by atoms with Crippen molar-refractivity contribution in [2.24, 2.45) is 0 Å². The molecule has 0 fully saturated rings. The molecule has 0 aliphatic rings. The number of para-hydroxylation sites is 1. The highest BCUT2D eigenvalue weighted by Crippen LogP contribution is 2.28. The minimum atomic E-state index is -3.89. The van der Waals surface area contributed by atoms with Crippen LogP contribution in [0.5, 0.6) is 0 Å². The Bertz CT molecular complexity index is 1370. The first-order valence-electron chi connectivity index (χ1n) is 12.7. The molecular formula is C29H33BrFN3O4S. The van der Waals surface area contributed by atoms with E-state index in [2.05, 4.69) is 21.2 Å². The van der Waals surface area contributed by atoms with Crippen molar-refractivity contribution in [3.63, 3.8) is 0 Å². The summed E-state index contributed by atoms with van der Waals surface area (Å²) in [4.78, 5) is 28.8. The van der Waals surface area contributed by atoms with Crippen LogP contribution in [0, 0.1) is 5.82 Å². The van der Waals surface area contributed by atoms with Crippen LogP contribution in [0.4, 0.5) is 10.1 Å². The maximum Gasteiger partial charge on any atom is 0.244 e. The van der Waals surface area contributed by atoms with Gasteiger partial charge < -0.3 is 10.2 Å². The molecule has 0 aliphatic carbocycles. The van der Waals surface area contributed by atoms with Gasteiger partial charge in [-0.1, -0.05) is 74.0 Å². The van der Waals surface area contributed by atoms with Crippen LogP contribution in [-0.2, 0) is 32.6 Å². The van der Waals surface area contributed by atoms with Gasteiger partial charge in [0.25, 0.3) is 0 Å². The van der Waals surface area contributed by atoms with Crippen LogP contribution >= 0.6 is 15.9 Å².